The molecule has 2 aromatic rings. The molecule has 0 unspecified atom stereocenters. The van der Waals surface area contributed by atoms with Gasteiger partial charge < -0.3 is 14.4 Å². The molecule has 6 heteroatoms. The zero-order valence-corrected chi connectivity index (χ0v) is 13.8. The highest BCUT2D eigenvalue weighted by atomic mass is 16.2. The van der Waals surface area contributed by atoms with E-state index in [9.17, 15) is 9.59 Å². The Hall–Kier alpha value is -2.63. The molecule has 0 atom stereocenters. The first-order chi connectivity index (χ1) is 11.1. The molecule has 6 nitrogen and oxygen atoms in total. The summed E-state index contributed by atoms with van der Waals surface area (Å²) in [5.41, 5.74) is 1.49. The van der Waals surface area contributed by atoms with E-state index in [2.05, 4.69) is 4.98 Å². The fourth-order valence-corrected chi connectivity index (χ4v) is 2.36. The molecule has 0 aliphatic rings. The number of carbonyl (C=O) groups is 2. The van der Waals surface area contributed by atoms with Gasteiger partial charge in [0.2, 0.25) is 5.91 Å². The fraction of sp³-hybridized carbons (Fsp3) is 0.353. The minimum atomic E-state index is -0.164. The first-order valence-corrected chi connectivity index (χ1v) is 7.68. The Kier molecular flexibility index (Phi) is 5.51. The van der Waals surface area contributed by atoms with Crippen LogP contribution in [0.25, 0.3) is 5.69 Å². The smallest absolute Gasteiger partial charge is 0.254 e. The summed E-state index contributed by atoms with van der Waals surface area (Å²) in [6.45, 7) is 5.24. The van der Waals surface area contributed by atoms with E-state index in [0.29, 0.717) is 18.7 Å². The van der Waals surface area contributed by atoms with Gasteiger partial charge in [-0.05, 0) is 38.1 Å². The third-order valence-electron chi connectivity index (χ3n) is 3.75. The van der Waals surface area contributed by atoms with Gasteiger partial charge in [-0.1, -0.05) is 0 Å². The largest absolute Gasteiger partial charge is 0.342 e. The molecule has 0 fully saturated rings. The van der Waals surface area contributed by atoms with Crippen LogP contribution in [0.1, 0.15) is 24.2 Å². The molecule has 2 amide bonds. The number of likely N-dealkylation sites (N-methyl/N-ethyl adjacent to an activating group) is 2. The molecule has 122 valence electrons. The molecule has 0 spiro atoms. The molecule has 2 rings (SSSR count). The lowest BCUT2D eigenvalue weighted by Gasteiger charge is -2.23. The summed E-state index contributed by atoms with van der Waals surface area (Å²) in [4.78, 5) is 31.7. The average molecular weight is 314 g/mol. The van der Waals surface area contributed by atoms with Crippen LogP contribution in [-0.4, -0.2) is 57.8 Å². The zero-order chi connectivity index (χ0) is 16.8. The number of aromatic nitrogens is 2. The van der Waals surface area contributed by atoms with E-state index in [1.165, 1.54) is 4.90 Å². The van der Waals surface area contributed by atoms with E-state index in [-0.39, 0.29) is 18.4 Å². The summed E-state index contributed by atoms with van der Waals surface area (Å²) in [7, 11) is 1.65. The van der Waals surface area contributed by atoms with Crippen molar-refractivity contribution < 1.29 is 9.59 Å². The summed E-state index contributed by atoms with van der Waals surface area (Å²) in [6.07, 6.45) is 5.24. The number of carbonyl (C=O) groups excluding carboxylic acids is 2. The summed E-state index contributed by atoms with van der Waals surface area (Å²) in [5.74, 6) is -0.205. The van der Waals surface area contributed by atoms with Crippen molar-refractivity contribution in [1.82, 2.24) is 19.4 Å². The van der Waals surface area contributed by atoms with Crippen LogP contribution < -0.4 is 0 Å². The molecule has 0 N–H and O–H groups in total. The average Bonchev–Trinajstić information content (AvgIpc) is 3.10. The van der Waals surface area contributed by atoms with E-state index >= 15 is 0 Å². The van der Waals surface area contributed by atoms with Gasteiger partial charge in [0.1, 0.15) is 0 Å². The Morgan fingerprint density at radius 2 is 1.78 bits per heavy atom. The van der Waals surface area contributed by atoms with Gasteiger partial charge in [-0.3, -0.25) is 9.59 Å². The number of amides is 2. The van der Waals surface area contributed by atoms with Crippen LogP contribution >= 0.6 is 0 Å². The SMILES string of the molecule is CCN(CC)C(=O)CN(C)C(=O)c1ccc(-n2ccnc2)cc1. The van der Waals surface area contributed by atoms with Crippen LogP contribution in [0.2, 0.25) is 0 Å². The summed E-state index contributed by atoms with van der Waals surface area (Å²) in [5, 5.41) is 0. The number of hydrogen-bond acceptors (Lipinski definition) is 3. The number of imidazole rings is 1. The minimum absolute atomic E-state index is 0.0408. The van der Waals surface area contributed by atoms with Crippen LogP contribution in [0.15, 0.2) is 43.0 Å². The highest BCUT2D eigenvalue weighted by Crippen LogP contribution is 2.11. The molecule has 0 aliphatic heterocycles. The maximum atomic E-state index is 12.4. The normalized spacial score (nSPS) is 10.4. The molecule has 1 aromatic heterocycles. The summed E-state index contributed by atoms with van der Waals surface area (Å²) in [6, 6.07) is 7.23. The molecule has 0 saturated heterocycles. The number of hydrogen-bond donors (Lipinski definition) is 0. The summed E-state index contributed by atoms with van der Waals surface area (Å²) < 4.78 is 1.86. The van der Waals surface area contributed by atoms with Crippen molar-refractivity contribution in [2.24, 2.45) is 0 Å². The van der Waals surface area contributed by atoms with Crippen LogP contribution in [0.5, 0.6) is 0 Å². The Morgan fingerprint density at radius 1 is 1.13 bits per heavy atom. The molecule has 1 heterocycles. The second kappa shape index (κ2) is 7.58. The second-order valence-electron chi connectivity index (χ2n) is 5.24. The van der Waals surface area contributed by atoms with Gasteiger partial charge in [0.25, 0.3) is 5.91 Å². The Labute approximate surface area is 136 Å². The van der Waals surface area contributed by atoms with E-state index in [1.807, 2.05) is 36.7 Å². The first kappa shape index (κ1) is 16.7. The molecule has 0 saturated carbocycles. The van der Waals surface area contributed by atoms with Crippen molar-refractivity contribution >= 4 is 11.8 Å². The fourth-order valence-electron chi connectivity index (χ4n) is 2.36. The van der Waals surface area contributed by atoms with Crippen LogP contribution in [0.4, 0.5) is 0 Å². The van der Waals surface area contributed by atoms with Gasteiger partial charge in [-0.2, -0.15) is 0 Å². The van der Waals surface area contributed by atoms with Crippen LogP contribution in [0.3, 0.4) is 0 Å². The first-order valence-electron chi connectivity index (χ1n) is 7.68. The predicted molar refractivity (Wildman–Crippen MR) is 88.5 cm³/mol. The van der Waals surface area contributed by atoms with Crippen LogP contribution in [0, 0.1) is 0 Å². The molecular formula is C17H22N4O2. The Morgan fingerprint density at radius 3 is 2.30 bits per heavy atom. The second-order valence-corrected chi connectivity index (χ2v) is 5.24. The lowest BCUT2D eigenvalue weighted by atomic mass is 10.2. The van der Waals surface area contributed by atoms with Gasteiger partial charge in [-0.15, -0.1) is 0 Å². The maximum absolute atomic E-state index is 12.4. The maximum Gasteiger partial charge on any atom is 0.254 e. The molecular weight excluding hydrogens is 292 g/mol. The van der Waals surface area contributed by atoms with Gasteiger partial charge >= 0.3 is 0 Å². The van der Waals surface area contributed by atoms with Crippen molar-refractivity contribution in [2.75, 3.05) is 26.7 Å². The molecule has 0 aliphatic carbocycles. The molecule has 1 aromatic carbocycles. The number of nitrogens with zero attached hydrogens (tertiary/aromatic N) is 4. The van der Waals surface area contributed by atoms with E-state index < -0.39 is 0 Å². The standard InChI is InChI=1S/C17H22N4O2/c1-4-20(5-2)16(22)12-19(3)17(23)14-6-8-15(9-7-14)21-11-10-18-13-21/h6-11,13H,4-5,12H2,1-3H3. The van der Waals surface area contributed by atoms with Crippen molar-refractivity contribution in [1.29, 1.82) is 0 Å². The quantitative estimate of drug-likeness (QED) is 0.817. The van der Waals surface area contributed by atoms with E-state index in [0.717, 1.165) is 5.69 Å². The van der Waals surface area contributed by atoms with Crippen molar-refractivity contribution in [3.8, 4) is 5.69 Å². The van der Waals surface area contributed by atoms with E-state index in [4.69, 9.17) is 0 Å². The summed E-state index contributed by atoms with van der Waals surface area (Å²) >= 11 is 0. The molecule has 23 heavy (non-hydrogen) atoms. The molecule has 0 bridgehead atoms. The third kappa shape index (κ3) is 3.97. The van der Waals surface area contributed by atoms with Crippen molar-refractivity contribution in [3.05, 3.63) is 48.5 Å². The van der Waals surface area contributed by atoms with Crippen molar-refractivity contribution in [2.45, 2.75) is 13.8 Å². The van der Waals surface area contributed by atoms with Crippen LogP contribution in [-0.2, 0) is 4.79 Å². The van der Waals surface area contributed by atoms with Gasteiger partial charge in [0.15, 0.2) is 0 Å². The number of rotatable bonds is 6. The van der Waals surface area contributed by atoms with Crippen molar-refractivity contribution in [3.63, 3.8) is 0 Å². The monoisotopic (exact) mass is 314 g/mol. The Bertz CT molecular complexity index is 646. The highest BCUT2D eigenvalue weighted by molar-refractivity contribution is 5.96. The van der Waals surface area contributed by atoms with Gasteiger partial charge in [0.05, 0.1) is 12.9 Å². The topological polar surface area (TPSA) is 58.4 Å². The zero-order valence-electron chi connectivity index (χ0n) is 13.8. The lowest BCUT2D eigenvalue weighted by molar-refractivity contribution is -0.131. The third-order valence-corrected chi connectivity index (χ3v) is 3.75. The van der Waals surface area contributed by atoms with Gasteiger partial charge in [-0.25, -0.2) is 4.98 Å². The van der Waals surface area contributed by atoms with Gasteiger partial charge in [0, 0.05) is 43.8 Å². The Balaban J connectivity index is 2.03. The minimum Gasteiger partial charge on any atom is -0.342 e. The van der Waals surface area contributed by atoms with E-state index in [1.54, 1.807) is 36.6 Å². The highest BCUT2D eigenvalue weighted by Gasteiger charge is 2.17. The lowest BCUT2D eigenvalue weighted by Crippen LogP contribution is -2.41. The predicted octanol–water partition coefficient (Wildman–Crippen LogP) is 1.81. The molecule has 0 radical (unpaired) electrons. The number of benzene rings is 1.